The molecule has 0 saturated heterocycles. The smallest absolute Gasteiger partial charge is 0.321 e. The molecular formula is C16H17F3N2. The largest absolute Gasteiger partial charge is 0.391 e. The summed E-state index contributed by atoms with van der Waals surface area (Å²) in [7, 11) is 0. The van der Waals surface area contributed by atoms with Gasteiger partial charge in [0.2, 0.25) is 0 Å². The summed E-state index contributed by atoms with van der Waals surface area (Å²) < 4.78 is 39.1. The fourth-order valence-electron chi connectivity index (χ4n) is 3.38. The summed E-state index contributed by atoms with van der Waals surface area (Å²) in [6.07, 6.45) is 0.389. The number of fused-ring (bicyclic) bond motifs is 1. The summed E-state index contributed by atoms with van der Waals surface area (Å²) in [6.45, 7) is 0. The van der Waals surface area contributed by atoms with Gasteiger partial charge in [-0.15, -0.1) is 0 Å². The fraction of sp³-hybridized carbons (Fsp3) is 0.438. The molecule has 1 heterocycles. The molecule has 5 heteroatoms. The highest BCUT2D eigenvalue weighted by atomic mass is 19.4. The van der Waals surface area contributed by atoms with Crippen molar-refractivity contribution in [2.24, 2.45) is 11.7 Å². The maximum absolute atomic E-state index is 13.0. The molecule has 3 rings (SSSR count). The minimum atomic E-state index is -4.17. The second-order valence-corrected chi connectivity index (χ2v) is 5.89. The second-order valence-electron chi connectivity index (χ2n) is 5.89. The zero-order valence-electron chi connectivity index (χ0n) is 11.5. The van der Waals surface area contributed by atoms with Gasteiger partial charge in [0.05, 0.1) is 5.92 Å². The van der Waals surface area contributed by atoms with Crippen molar-refractivity contribution < 1.29 is 13.2 Å². The first-order valence-corrected chi connectivity index (χ1v) is 7.09. The molecule has 1 aliphatic carbocycles. The van der Waals surface area contributed by atoms with Gasteiger partial charge in [0.1, 0.15) is 0 Å². The van der Waals surface area contributed by atoms with Crippen LogP contribution in [0.3, 0.4) is 0 Å². The third kappa shape index (κ3) is 2.62. The topological polar surface area (TPSA) is 38.9 Å². The molecule has 1 aromatic heterocycles. The van der Waals surface area contributed by atoms with Gasteiger partial charge >= 0.3 is 6.18 Å². The Morgan fingerprint density at radius 1 is 1.24 bits per heavy atom. The van der Waals surface area contributed by atoms with Crippen LogP contribution in [0.25, 0.3) is 10.8 Å². The van der Waals surface area contributed by atoms with Gasteiger partial charge in [-0.05, 0) is 36.3 Å². The maximum atomic E-state index is 13.0. The summed E-state index contributed by atoms with van der Waals surface area (Å²) in [4.78, 5) is 4.09. The van der Waals surface area contributed by atoms with Gasteiger partial charge in [0.15, 0.2) is 0 Å². The third-order valence-electron chi connectivity index (χ3n) is 4.47. The van der Waals surface area contributed by atoms with E-state index in [1.165, 1.54) is 0 Å². The van der Waals surface area contributed by atoms with E-state index < -0.39 is 17.6 Å². The Balaban J connectivity index is 2.04. The predicted octanol–water partition coefficient (Wildman–Crippen LogP) is 4.14. The molecule has 0 radical (unpaired) electrons. The van der Waals surface area contributed by atoms with E-state index in [0.29, 0.717) is 12.8 Å². The highest BCUT2D eigenvalue weighted by Crippen LogP contribution is 2.46. The lowest BCUT2D eigenvalue weighted by Gasteiger charge is -2.39. The molecular weight excluding hydrogens is 277 g/mol. The van der Waals surface area contributed by atoms with Crippen LogP contribution in [0.4, 0.5) is 13.2 Å². The van der Waals surface area contributed by atoms with Crippen LogP contribution in [0, 0.1) is 5.92 Å². The molecule has 1 saturated carbocycles. The molecule has 2 N–H and O–H groups in total. The summed E-state index contributed by atoms with van der Waals surface area (Å²) >= 11 is 0. The Bertz CT molecular complexity index is 648. The van der Waals surface area contributed by atoms with Gasteiger partial charge < -0.3 is 5.73 Å². The maximum Gasteiger partial charge on any atom is 0.391 e. The van der Waals surface area contributed by atoms with E-state index in [1.54, 1.807) is 12.4 Å². The van der Waals surface area contributed by atoms with Gasteiger partial charge in [-0.1, -0.05) is 24.6 Å². The van der Waals surface area contributed by atoms with E-state index in [1.807, 2.05) is 24.3 Å². The molecule has 112 valence electrons. The fourth-order valence-corrected chi connectivity index (χ4v) is 3.38. The number of hydrogen-bond acceptors (Lipinski definition) is 2. The van der Waals surface area contributed by atoms with Crippen molar-refractivity contribution in [1.29, 1.82) is 0 Å². The summed E-state index contributed by atoms with van der Waals surface area (Å²) in [5.74, 6) is -1.32. The van der Waals surface area contributed by atoms with Gasteiger partial charge in [-0.25, -0.2) is 0 Å². The molecule has 0 amide bonds. The van der Waals surface area contributed by atoms with Crippen LogP contribution in [0.2, 0.25) is 0 Å². The Morgan fingerprint density at radius 2 is 2.05 bits per heavy atom. The zero-order chi connectivity index (χ0) is 15.1. The lowest BCUT2D eigenvalue weighted by Crippen LogP contribution is -2.45. The highest BCUT2D eigenvalue weighted by molar-refractivity contribution is 5.85. The SMILES string of the molecule is NC1(c2cccc3ccncc23)CCCC(C(F)(F)F)C1. The van der Waals surface area contributed by atoms with Crippen LogP contribution in [-0.2, 0) is 5.54 Å². The molecule has 21 heavy (non-hydrogen) atoms. The number of nitrogens with zero attached hydrogens (tertiary/aromatic N) is 1. The van der Waals surface area contributed by atoms with Crippen molar-refractivity contribution in [3.8, 4) is 0 Å². The van der Waals surface area contributed by atoms with E-state index in [9.17, 15) is 13.2 Å². The molecule has 0 bridgehead atoms. The van der Waals surface area contributed by atoms with E-state index in [4.69, 9.17) is 5.73 Å². The van der Waals surface area contributed by atoms with Gasteiger partial charge in [-0.3, -0.25) is 4.98 Å². The normalized spacial score (nSPS) is 27.0. The number of aromatic nitrogens is 1. The first-order valence-electron chi connectivity index (χ1n) is 7.09. The van der Waals surface area contributed by atoms with E-state index >= 15 is 0 Å². The van der Waals surface area contributed by atoms with Crippen LogP contribution in [0.15, 0.2) is 36.7 Å². The number of pyridine rings is 1. The van der Waals surface area contributed by atoms with Crippen LogP contribution in [-0.4, -0.2) is 11.2 Å². The van der Waals surface area contributed by atoms with E-state index in [0.717, 1.165) is 16.3 Å². The van der Waals surface area contributed by atoms with Crippen molar-refractivity contribution >= 4 is 10.8 Å². The zero-order valence-corrected chi connectivity index (χ0v) is 11.5. The lowest BCUT2D eigenvalue weighted by atomic mass is 9.71. The molecule has 2 nitrogen and oxygen atoms in total. The third-order valence-corrected chi connectivity index (χ3v) is 4.47. The number of hydrogen-bond donors (Lipinski definition) is 1. The van der Waals surface area contributed by atoms with Crippen molar-refractivity contribution in [1.82, 2.24) is 4.98 Å². The standard InChI is InChI=1S/C16H17F3N2/c17-16(18,19)12-4-2-7-15(20,9-12)14-5-1-3-11-6-8-21-10-13(11)14/h1,3,5-6,8,10,12H,2,4,7,9,20H2. The first-order chi connectivity index (χ1) is 9.90. The van der Waals surface area contributed by atoms with Crippen molar-refractivity contribution in [3.63, 3.8) is 0 Å². The number of alkyl halides is 3. The Labute approximate surface area is 121 Å². The average Bonchev–Trinajstić information content (AvgIpc) is 2.46. The Kier molecular flexibility index (Phi) is 3.40. The summed E-state index contributed by atoms with van der Waals surface area (Å²) in [6, 6.07) is 7.46. The summed E-state index contributed by atoms with van der Waals surface area (Å²) in [5, 5.41) is 1.81. The van der Waals surface area contributed by atoms with Crippen molar-refractivity contribution in [2.45, 2.75) is 37.4 Å². The molecule has 1 fully saturated rings. The van der Waals surface area contributed by atoms with Gasteiger partial charge in [0.25, 0.3) is 0 Å². The lowest BCUT2D eigenvalue weighted by molar-refractivity contribution is -0.187. The Hall–Kier alpha value is -1.62. The molecule has 0 aliphatic heterocycles. The minimum Gasteiger partial charge on any atom is -0.321 e. The quantitative estimate of drug-likeness (QED) is 0.858. The number of halogens is 3. The van der Waals surface area contributed by atoms with Crippen LogP contribution >= 0.6 is 0 Å². The predicted molar refractivity (Wildman–Crippen MR) is 75.6 cm³/mol. The van der Waals surface area contributed by atoms with Gasteiger partial charge in [-0.2, -0.15) is 13.2 Å². The molecule has 2 aromatic rings. The Morgan fingerprint density at radius 3 is 2.81 bits per heavy atom. The van der Waals surface area contributed by atoms with Crippen LogP contribution in [0.1, 0.15) is 31.2 Å². The van der Waals surface area contributed by atoms with E-state index in [-0.39, 0.29) is 12.8 Å². The van der Waals surface area contributed by atoms with Crippen molar-refractivity contribution in [2.75, 3.05) is 0 Å². The highest BCUT2D eigenvalue weighted by Gasteiger charge is 2.47. The van der Waals surface area contributed by atoms with E-state index in [2.05, 4.69) is 4.98 Å². The molecule has 1 aromatic carbocycles. The second kappa shape index (κ2) is 4.98. The number of nitrogens with two attached hydrogens (primary N) is 1. The average molecular weight is 294 g/mol. The van der Waals surface area contributed by atoms with Crippen LogP contribution in [0.5, 0.6) is 0 Å². The number of benzene rings is 1. The monoisotopic (exact) mass is 294 g/mol. The molecule has 1 aliphatic rings. The number of rotatable bonds is 1. The van der Waals surface area contributed by atoms with Crippen LogP contribution < -0.4 is 5.73 Å². The molecule has 2 atom stereocenters. The first kappa shape index (κ1) is 14.3. The minimum absolute atomic E-state index is 0.0511. The molecule has 0 spiro atoms. The molecule has 2 unspecified atom stereocenters. The van der Waals surface area contributed by atoms with Gasteiger partial charge in [0, 0.05) is 23.3 Å². The summed E-state index contributed by atoms with van der Waals surface area (Å²) in [5.41, 5.74) is 6.26. The van der Waals surface area contributed by atoms with Crippen molar-refractivity contribution in [3.05, 3.63) is 42.2 Å².